The van der Waals surface area contributed by atoms with E-state index in [0.29, 0.717) is 26.4 Å². The van der Waals surface area contributed by atoms with Gasteiger partial charge in [0.15, 0.2) is 5.69 Å². The molecule has 10 heteroatoms. The van der Waals surface area contributed by atoms with Crippen molar-refractivity contribution >= 4 is 52.7 Å². The molecule has 1 heterocycles. The highest BCUT2D eigenvalue weighted by molar-refractivity contribution is 6.41. The van der Waals surface area contributed by atoms with E-state index in [-0.39, 0.29) is 5.95 Å². The lowest BCUT2D eigenvalue weighted by atomic mass is 10.3. The van der Waals surface area contributed by atoms with Gasteiger partial charge in [0, 0.05) is 5.02 Å². The summed E-state index contributed by atoms with van der Waals surface area (Å²) < 4.78 is 1.29. The lowest BCUT2D eigenvalue weighted by molar-refractivity contribution is -0.396. The summed E-state index contributed by atoms with van der Waals surface area (Å²) in [4.78, 5) is 13.7. The molecule has 0 saturated heterocycles. The van der Waals surface area contributed by atoms with Crippen molar-refractivity contribution in [2.24, 2.45) is 12.1 Å². The van der Waals surface area contributed by atoms with Crippen LogP contribution in [-0.4, -0.2) is 20.7 Å². The molecule has 0 aliphatic heterocycles. The minimum absolute atomic E-state index is 0.279. The molecule has 0 unspecified atom stereocenters. The van der Waals surface area contributed by atoms with Crippen LogP contribution in [0, 0.1) is 10.1 Å². The maximum Gasteiger partial charge on any atom is 0.434 e. The molecular formula is C11H8Cl3N5O2. The Bertz CT molecular complexity index is 706. The number of nitrogens with one attached hydrogen (secondary N) is 1. The first-order valence-corrected chi connectivity index (χ1v) is 6.63. The molecule has 0 bridgehead atoms. The summed E-state index contributed by atoms with van der Waals surface area (Å²) in [5.41, 5.74) is 3.48. The number of hydrazone groups is 1. The van der Waals surface area contributed by atoms with E-state index in [0.717, 1.165) is 0 Å². The number of nitro groups is 1. The SMILES string of the molecule is Cn1c(C=NNc2c(Cl)cc(Cl)cc2Cl)cnc1[N+](=O)[O-]. The third-order valence-electron chi connectivity index (χ3n) is 2.54. The topological polar surface area (TPSA) is 85.3 Å². The molecule has 0 radical (unpaired) electrons. The molecule has 7 nitrogen and oxygen atoms in total. The molecule has 110 valence electrons. The van der Waals surface area contributed by atoms with Gasteiger partial charge in [-0.2, -0.15) is 5.10 Å². The number of hydrogen-bond acceptors (Lipinski definition) is 5. The number of hydrogen-bond donors (Lipinski definition) is 1. The molecule has 1 aromatic carbocycles. The van der Waals surface area contributed by atoms with E-state index in [4.69, 9.17) is 34.8 Å². The third-order valence-corrected chi connectivity index (χ3v) is 3.36. The van der Waals surface area contributed by atoms with Gasteiger partial charge in [-0.3, -0.25) is 5.43 Å². The van der Waals surface area contributed by atoms with Gasteiger partial charge in [0.1, 0.15) is 6.20 Å². The lowest BCUT2D eigenvalue weighted by Gasteiger charge is -2.06. The molecule has 21 heavy (non-hydrogen) atoms. The number of anilines is 1. The highest BCUT2D eigenvalue weighted by Crippen LogP contribution is 2.33. The fourth-order valence-corrected chi connectivity index (χ4v) is 2.42. The van der Waals surface area contributed by atoms with Crippen molar-refractivity contribution in [2.75, 3.05) is 5.43 Å². The number of aromatic nitrogens is 2. The van der Waals surface area contributed by atoms with Crippen LogP contribution in [0.2, 0.25) is 15.1 Å². The van der Waals surface area contributed by atoms with Gasteiger partial charge in [0.05, 0.1) is 29.0 Å². The minimum Gasteiger partial charge on any atom is -0.390 e. The summed E-state index contributed by atoms with van der Waals surface area (Å²) in [5.74, 6) is -0.279. The second-order valence-electron chi connectivity index (χ2n) is 3.91. The molecule has 0 saturated carbocycles. The maximum absolute atomic E-state index is 10.7. The van der Waals surface area contributed by atoms with Crippen molar-refractivity contribution in [2.45, 2.75) is 0 Å². The summed E-state index contributed by atoms with van der Waals surface area (Å²) >= 11 is 17.8. The van der Waals surface area contributed by atoms with Gasteiger partial charge in [0.25, 0.3) is 0 Å². The Morgan fingerprint density at radius 2 is 2.00 bits per heavy atom. The molecule has 0 fully saturated rings. The third kappa shape index (κ3) is 3.44. The van der Waals surface area contributed by atoms with Crippen molar-refractivity contribution in [1.29, 1.82) is 0 Å². The molecule has 2 aromatic rings. The Hall–Kier alpha value is -1.83. The minimum atomic E-state index is -0.586. The van der Waals surface area contributed by atoms with E-state index in [1.165, 1.54) is 36.2 Å². The lowest BCUT2D eigenvalue weighted by Crippen LogP contribution is -2.02. The smallest absolute Gasteiger partial charge is 0.390 e. The van der Waals surface area contributed by atoms with E-state index >= 15 is 0 Å². The Balaban J connectivity index is 2.19. The van der Waals surface area contributed by atoms with Gasteiger partial charge in [-0.05, 0) is 17.1 Å². The van der Waals surface area contributed by atoms with Gasteiger partial charge in [-0.1, -0.05) is 39.8 Å². The van der Waals surface area contributed by atoms with Crippen LogP contribution in [0.4, 0.5) is 11.6 Å². The highest BCUT2D eigenvalue weighted by Gasteiger charge is 2.15. The average molecular weight is 349 g/mol. The quantitative estimate of drug-likeness (QED) is 0.518. The molecule has 0 spiro atoms. The molecule has 2 rings (SSSR count). The molecule has 0 aliphatic rings. The number of imidazole rings is 1. The molecule has 0 atom stereocenters. The number of benzene rings is 1. The van der Waals surface area contributed by atoms with E-state index in [1.54, 1.807) is 0 Å². The van der Waals surface area contributed by atoms with Crippen LogP contribution < -0.4 is 5.43 Å². The normalized spacial score (nSPS) is 11.0. The van der Waals surface area contributed by atoms with Crippen LogP contribution in [0.15, 0.2) is 23.4 Å². The van der Waals surface area contributed by atoms with Gasteiger partial charge in [-0.15, -0.1) is 0 Å². The molecule has 1 N–H and O–H groups in total. The first-order valence-electron chi connectivity index (χ1n) is 5.50. The molecular weight excluding hydrogens is 341 g/mol. The van der Waals surface area contributed by atoms with Crippen molar-refractivity contribution in [3.8, 4) is 0 Å². The van der Waals surface area contributed by atoms with Gasteiger partial charge >= 0.3 is 5.95 Å². The van der Waals surface area contributed by atoms with Crippen LogP contribution >= 0.6 is 34.8 Å². The zero-order valence-electron chi connectivity index (χ0n) is 10.5. The largest absolute Gasteiger partial charge is 0.434 e. The predicted octanol–water partition coefficient (Wildman–Crippen LogP) is 3.73. The van der Waals surface area contributed by atoms with Crippen LogP contribution in [-0.2, 0) is 7.05 Å². The average Bonchev–Trinajstić information content (AvgIpc) is 2.74. The van der Waals surface area contributed by atoms with Crippen LogP contribution in [0.25, 0.3) is 0 Å². The Labute approximate surface area is 134 Å². The molecule has 0 amide bonds. The summed E-state index contributed by atoms with van der Waals surface area (Å²) in [7, 11) is 1.51. The maximum atomic E-state index is 10.7. The predicted molar refractivity (Wildman–Crippen MR) is 82.6 cm³/mol. The van der Waals surface area contributed by atoms with Crippen molar-refractivity contribution in [3.63, 3.8) is 0 Å². The second-order valence-corrected chi connectivity index (χ2v) is 5.16. The van der Waals surface area contributed by atoms with E-state index < -0.39 is 4.92 Å². The van der Waals surface area contributed by atoms with Gasteiger partial charge < -0.3 is 10.1 Å². The summed E-state index contributed by atoms with van der Waals surface area (Å²) in [6.07, 6.45) is 2.69. The van der Waals surface area contributed by atoms with Crippen LogP contribution in [0.1, 0.15) is 5.69 Å². The Morgan fingerprint density at radius 3 is 2.52 bits per heavy atom. The number of rotatable bonds is 4. The number of halogens is 3. The Morgan fingerprint density at radius 1 is 1.38 bits per heavy atom. The van der Waals surface area contributed by atoms with Crippen molar-refractivity contribution < 1.29 is 4.92 Å². The zero-order valence-corrected chi connectivity index (χ0v) is 12.8. The number of nitrogens with zero attached hydrogens (tertiary/aromatic N) is 4. The first-order chi connectivity index (χ1) is 9.90. The Kier molecular flexibility index (Phi) is 4.66. The first kappa shape index (κ1) is 15.6. The molecule has 1 aromatic heterocycles. The van der Waals surface area contributed by atoms with E-state index in [9.17, 15) is 10.1 Å². The zero-order chi connectivity index (χ0) is 15.6. The second kappa shape index (κ2) is 6.30. The summed E-state index contributed by atoms with van der Waals surface area (Å²) in [6, 6.07) is 3.03. The monoisotopic (exact) mass is 347 g/mol. The van der Waals surface area contributed by atoms with E-state index in [1.807, 2.05) is 0 Å². The fourth-order valence-electron chi connectivity index (χ4n) is 1.51. The summed E-state index contributed by atoms with van der Waals surface area (Å²) in [5, 5.41) is 15.6. The highest BCUT2D eigenvalue weighted by atomic mass is 35.5. The van der Waals surface area contributed by atoms with Gasteiger partial charge in [-0.25, -0.2) is 4.57 Å². The fraction of sp³-hybridized carbons (Fsp3) is 0.0909. The summed E-state index contributed by atoms with van der Waals surface area (Å²) in [6.45, 7) is 0. The van der Waals surface area contributed by atoms with E-state index in [2.05, 4.69) is 15.5 Å². The van der Waals surface area contributed by atoms with Crippen molar-refractivity contribution in [1.82, 2.24) is 9.55 Å². The van der Waals surface area contributed by atoms with Crippen LogP contribution in [0.5, 0.6) is 0 Å². The molecule has 0 aliphatic carbocycles. The van der Waals surface area contributed by atoms with Gasteiger partial charge in [0.2, 0.25) is 0 Å². The van der Waals surface area contributed by atoms with Crippen LogP contribution in [0.3, 0.4) is 0 Å². The van der Waals surface area contributed by atoms with Crippen molar-refractivity contribution in [3.05, 3.63) is 49.2 Å². The standard InChI is InChI=1S/C11H8Cl3N5O2/c1-18-7(4-15-11(18)19(20)21)5-16-17-10-8(13)2-6(12)3-9(10)14/h2-5,17H,1H3.